The Morgan fingerprint density at radius 1 is 0.690 bits per heavy atom. The summed E-state index contributed by atoms with van der Waals surface area (Å²) in [6, 6.07) is 9.38. The molecule has 312 valence electrons. The van der Waals surface area contributed by atoms with Crippen LogP contribution in [0.3, 0.4) is 0 Å². The Morgan fingerprint density at radius 3 is 1.59 bits per heavy atom. The predicted octanol–water partition coefficient (Wildman–Crippen LogP) is 4.80. The highest BCUT2D eigenvalue weighted by Gasteiger charge is 2.39. The SMILES string of the molecule is CC[C@H](NC(=O)[C@H](C)NC)C(=O)N1CCC[C@H]1Cc1c2n(c3ccc(C)cc13)CCn1c-2c(C[C@@H]2CCCN2C(=O)[C@H](CC)NC(=O)[C@H](C)NC)c2cc(F)ccc21. The highest BCUT2D eigenvalue weighted by atomic mass is 19.1. The number of aryl methyl sites for hydroxylation is 3. The lowest BCUT2D eigenvalue weighted by Gasteiger charge is -2.31. The Bertz CT molecular complexity index is 2060. The largest absolute Gasteiger partial charge is 0.343 e. The first-order valence-corrected chi connectivity index (χ1v) is 21.4. The summed E-state index contributed by atoms with van der Waals surface area (Å²) in [5, 5.41) is 13.9. The summed E-state index contributed by atoms with van der Waals surface area (Å²) in [5.41, 5.74) is 7.58. The first-order chi connectivity index (χ1) is 27.9. The van der Waals surface area contributed by atoms with Gasteiger partial charge in [-0.15, -0.1) is 0 Å². The van der Waals surface area contributed by atoms with Crippen LogP contribution in [0.4, 0.5) is 4.39 Å². The molecular formula is C45H61FN8O4. The van der Waals surface area contributed by atoms with Crippen molar-refractivity contribution in [2.24, 2.45) is 0 Å². The first kappa shape index (κ1) is 41.4. The van der Waals surface area contributed by atoms with Crippen LogP contribution in [0.5, 0.6) is 0 Å². The van der Waals surface area contributed by atoms with E-state index in [9.17, 15) is 19.2 Å². The van der Waals surface area contributed by atoms with Crippen molar-refractivity contribution in [1.82, 2.24) is 40.2 Å². The van der Waals surface area contributed by atoms with Gasteiger partial charge in [0.25, 0.3) is 0 Å². The molecule has 2 fully saturated rings. The number of amides is 4. The second-order valence-corrected chi connectivity index (χ2v) is 16.7. The molecule has 58 heavy (non-hydrogen) atoms. The number of halogens is 1. The van der Waals surface area contributed by atoms with E-state index in [0.717, 1.165) is 76.5 Å². The molecule has 2 aromatic heterocycles. The van der Waals surface area contributed by atoms with Crippen molar-refractivity contribution < 1.29 is 23.6 Å². The molecule has 6 atom stereocenters. The van der Waals surface area contributed by atoms with E-state index in [2.05, 4.69) is 55.5 Å². The molecule has 7 rings (SSSR count). The summed E-state index contributed by atoms with van der Waals surface area (Å²) in [4.78, 5) is 58.1. The minimum Gasteiger partial charge on any atom is -0.343 e. The number of carbonyl (C=O) groups is 4. The van der Waals surface area contributed by atoms with Gasteiger partial charge < -0.3 is 40.2 Å². The van der Waals surface area contributed by atoms with Gasteiger partial charge in [0.05, 0.1) is 23.5 Å². The maximum Gasteiger partial charge on any atom is 0.245 e. The van der Waals surface area contributed by atoms with Crippen LogP contribution in [0.15, 0.2) is 36.4 Å². The monoisotopic (exact) mass is 796 g/mol. The van der Waals surface area contributed by atoms with Crippen LogP contribution in [-0.2, 0) is 45.1 Å². The first-order valence-electron chi connectivity index (χ1n) is 21.4. The van der Waals surface area contributed by atoms with E-state index in [1.165, 1.54) is 11.6 Å². The van der Waals surface area contributed by atoms with Crippen LogP contribution < -0.4 is 21.3 Å². The van der Waals surface area contributed by atoms with Crippen molar-refractivity contribution in [1.29, 1.82) is 0 Å². The molecular weight excluding hydrogens is 736 g/mol. The summed E-state index contributed by atoms with van der Waals surface area (Å²) in [6.45, 7) is 12.2. The molecule has 12 nitrogen and oxygen atoms in total. The third-order valence-corrected chi connectivity index (χ3v) is 13.1. The topological polar surface area (TPSA) is 133 Å². The third-order valence-electron chi connectivity index (χ3n) is 13.1. The van der Waals surface area contributed by atoms with Crippen LogP contribution >= 0.6 is 0 Å². The zero-order chi connectivity index (χ0) is 41.4. The van der Waals surface area contributed by atoms with Crippen molar-refractivity contribution in [3.63, 3.8) is 0 Å². The van der Waals surface area contributed by atoms with E-state index in [-0.39, 0.29) is 41.5 Å². The fourth-order valence-corrected chi connectivity index (χ4v) is 9.63. The molecule has 0 radical (unpaired) electrons. The number of nitrogens with zero attached hydrogens (tertiary/aromatic N) is 4. The summed E-state index contributed by atoms with van der Waals surface area (Å²) >= 11 is 0. The number of rotatable bonds is 14. The molecule has 2 saturated heterocycles. The number of carbonyl (C=O) groups excluding carboxylic acids is 4. The molecule has 13 heteroatoms. The van der Waals surface area contributed by atoms with Gasteiger partial charge >= 0.3 is 0 Å². The predicted molar refractivity (Wildman–Crippen MR) is 226 cm³/mol. The van der Waals surface area contributed by atoms with Gasteiger partial charge in [0.15, 0.2) is 0 Å². The lowest BCUT2D eigenvalue weighted by molar-refractivity contribution is -0.137. The minimum absolute atomic E-state index is 0.0477. The Balaban J connectivity index is 1.30. The maximum absolute atomic E-state index is 15.3. The Labute approximate surface area is 341 Å². The third kappa shape index (κ3) is 7.63. The Kier molecular flexibility index (Phi) is 12.3. The van der Waals surface area contributed by atoms with E-state index in [1.807, 2.05) is 29.7 Å². The molecule has 4 amide bonds. The van der Waals surface area contributed by atoms with E-state index in [0.29, 0.717) is 45.3 Å². The molecule has 5 heterocycles. The number of benzene rings is 2. The van der Waals surface area contributed by atoms with Gasteiger partial charge in [-0.05, 0) is 128 Å². The molecule has 0 spiro atoms. The molecule has 2 aromatic carbocycles. The quantitative estimate of drug-likeness (QED) is 0.145. The molecule has 4 aromatic rings. The second kappa shape index (κ2) is 17.2. The Hall–Kier alpha value is -4.75. The highest BCUT2D eigenvalue weighted by molar-refractivity contribution is 5.99. The summed E-state index contributed by atoms with van der Waals surface area (Å²) < 4.78 is 20.0. The van der Waals surface area contributed by atoms with Gasteiger partial charge in [0, 0.05) is 60.1 Å². The van der Waals surface area contributed by atoms with Crippen molar-refractivity contribution in [3.05, 3.63) is 58.9 Å². The van der Waals surface area contributed by atoms with E-state index >= 15 is 4.39 Å². The average molecular weight is 797 g/mol. The van der Waals surface area contributed by atoms with Gasteiger partial charge in [-0.25, -0.2) is 4.39 Å². The number of hydrogen-bond donors (Lipinski definition) is 4. The fraction of sp³-hybridized carbons (Fsp3) is 0.556. The molecule has 4 N–H and O–H groups in total. The number of likely N-dealkylation sites (N-methyl/N-ethyl adjacent to an activating group) is 2. The van der Waals surface area contributed by atoms with Crippen molar-refractivity contribution >= 4 is 45.4 Å². The lowest BCUT2D eigenvalue weighted by atomic mass is 9.94. The summed E-state index contributed by atoms with van der Waals surface area (Å²) in [5.74, 6) is -0.837. The van der Waals surface area contributed by atoms with Crippen LogP contribution in [0.25, 0.3) is 33.2 Å². The Morgan fingerprint density at radius 2 is 1.14 bits per heavy atom. The number of hydrogen-bond acceptors (Lipinski definition) is 6. The van der Waals surface area contributed by atoms with Gasteiger partial charge in [0.2, 0.25) is 23.6 Å². The molecule has 3 aliphatic rings. The normalized spacial score (nSPS) is 19.9. The van der Waals surface area contributed by atoms with Crippen molar-refractivity contribution in [2.75, 3.05) is 27.2 Å². The molecule has 0 aliphatic carbocycles. The summed E-state index contributed by atoms with van der Waals surface area (Å²) in [6.07, 6.45) is 5.53. The highest BCUT2D eigenvalue weighted by Crippen LogP contribution is 2.45. The van der Waals surface area contributed by atoms with E-state index in [1.54, 1.807) is 34.0 Å². The number of aromatic nitrogens is 2. The van der Waals surface area contributed by atoms with Crippen molar-refractivity contribution in [3.8, 4) is 11.4 Å². The summed E-state index contributed by atoms with van der Waals surface area (Å²) in [7, 11) is 3.45. The number of nitrogens with one attached hydrogen (secondary N) is 4. The zero-order valence-corrected chi connectivity index (χ0v) is 35.2. The molecule has 0 unspecified atom stereocenters. The average Bonchev–Trinajstić information content (AvgIpc) is 4.02. The van der Waals surface area contributed by atoms with E-state index in [4.69, 9.17) is 0 Å². The van der Waals surface area contributed by atoms with Crippen LogP contribution in [-0.4, -0.2) is 106 Å². The van der Waals surface area contributed by atoms with Gasteiger partial charge in [-0.1, -0.05) is 25.5 Å². The standard InChI is InChI=1S/C45H61FN8O4/c1-8-36(49-42(55)27(4)47-6)44(57)51-18-10-12-30(51)24-34-32-22-26(3)14-16-38(32)53-20-21-54-39-17-15-29(46)23-33(39)35(41(54)40(34)53)25-31-13-11-19-52(31)45(58)37(9-2)50-43(56)28(5)48-7/h14-17,22-23,27-28,30-31,36-37,47-48H,8-13,18-21,24-25H2,1-7H3,(H,49,55)(H,50,56)/t27-,28-,30-,31-,36-,37-/m0/s1. The van der Waals surface area contributed by atoms with Crippen molar-refractivity contribution in [2.45, 2.75) is 135 Å². The molecule has 3 aliphatic heterocycles. The number of fused-ring (bicyclic) bond motifs is 7. The van der Waals surface area contributed by atoms with Gasteiger partial charge in [-0.3, -0.25) is 19.2 Å². The van der Waals surface area contributed by atoms with Crippen LogP contribution in [0.1, 0.15) is 82.9 Å². The van der Waals surface area contributed by atoms with Crippen LogP contribution in [0, 0.1) is 12.7 Å². The zero-order valence-electron chi connectivity index (χ0n) is 35.2. The van der Waals surface area contributed by atoms with Gasteiger partial charge in [0.1, 0.15) is 17.9 Å². The smallest absolute Gasteiger partial charge is 0.245 e. The number of likely N-dealkylation sites (tertiary alicyclic amines) is 2. The lowest BCUT2D eigenvalue weighted by Crippen LogP contribution is -2.53. The molecule has 0 bridgehead atoms. The van der Waals surface area contributed by atoms with Gasteiger partial charge in [-0.2, -0.15) is 0 Å². The fourth-order valence-electron chi connectivity index (χ4n) is 9.63. The molecule has 0 saturated carbocycles. The maximum atomic E-state index is 15.3. The second-order valence-electron chi connectivity index (χ2n) is 16.7. The van der Waals surface area contributed by atoms with E-state index < -0.39 is 24.2 Å². The minimum atomic E-state index is -0.636. The van der Waals surface area contributed by atoms with Crippen LogP contribution in [0.2, 0.25) is 0 Å².